The highest BCUT2D eigenvalue weighted by atomic mass is 16.5. The van der Waals surface area contributed by atoms with Gasteiger partial charge in [0.25, 0.3) is 0 Å². The molecule has 1 saturated carbocycles. The van der Waals surface area contributed by atoms with Crippen molar-refractivity contribution >= 4 is 0 Å². The van der Waals surface area contributed by atoms with Gasteiger partial charge in [-0.3, -0.25) is 0 Å². The van der Waals surface area contributed by atoms with Gasteiger partial charge in [-0.25, -0.2) is 0 Å². The topological polar surface area (TPSA) is 29.5 Å². The lowest BCUT2D eigenvalue weighted by atomic mass is 9.73. The van der Waals surface area contributed by atoms with E-state index in [1.165, 1.54) is 24.8 Å². The van der Waals surface area contributed by atoms with Crippen molar-refractivity contribution < 1.29 is 9.84 Å². The van der Waals surface area contributed by atoms with E-state index in [2.05, 4.69) is 32.0 Å². The van der Waals surface area contributed by atoms with E-state index in [0.717, 1.165) is 5.56 Å². The summed E-state index contributed by atoms with van der Waals surface area (Å²) >= 11 is 0. The Kier molecular flexibility index (Phi) is 4.08. The minimum Gasteiger partial charge on any atom is -0.382 e. The molecule has 0 aliphatic heterocycles. The van der Waals surface area contributed by atoms with Gasteiger partial charge in [0.1, 0.15) is 5.60 Å². The Balaban J connectivity index is 2.40. The second-order valence-corrected chi connectivity index (χ2v) is 5.73. The van der Waals surface area contributed by atoms with Crippen LogP contribution in [0.1, 0.15) is 50.2 Å². The van der Waals surface area contributed by atoms with Crippen molar-refractivity contribution in [1.29, 1.82) is 0 Å². The van der Waals surface area contributed by atoms with E-state index in [0.29, 0.717) is 12.5 Å². The lowest BCUT2D eigenvalue weighted by Crippen LogP contribution is -2.38. The zero-order valence-electron chi connectivity index (χ0n) is 11.6. The molecule has 0 heterocycles. The Morgan fingerprint density at radius 1 is 1.33 bits per heavy atom. The van der Waals surface area contributed by atoms with Crippen molar-refractivity contribution in [3.05, 3.63) is 35.4 Å². The highest BCUT2D eigenvalue weighted by Gasteiger charge is 2.37. The first-order chi connectivity index (χ1) is 8.59. The van der Waals surface area contributed by atoms with Crippen LogP contribution in [0.5, 0.6) is 0 Å². The van der Waals surface area contributed by atoms with Crippen LogP contribution in [0.3, 0.4) is 0 Å². The highest BCUT2D eigenvalue weighted by molar-refractivity contribution is 5.36. The van der Waals surface area contributed by atoms with Crippen LogP contribution in [0.25, 0.3) is 0 Å². The minimum absolute atomic E-state index is 0.138. The molecule has 1 atom stereocenters. The Morgan fingerprint density at radius 3 is 2.50 bits per heavy atom. The first kappa shape index (κ1) is 13.6. The fourth-order valence-corrected chi connectivity index (χ4v) is 2.74. The predicted molar refractivity (Wildman–Crippen MR) is 73.6 cm³/mol. The average molecular weight is 248 g/mol. The van der Waals surface area contributed by atoms with Crippen LogP contribution in [0.2, 0.25) is 0 Å². The van der Waals surface area contributed by atoms with Gasteiger partial charge in [-0.1, -0.05) is 44.5 Å². The zero-order valence-corrected chi connectivity index (χ0v) is 11.6. The van der Waals surface area contributed by atoms with E-state index in [-0.39, 0.29) is 5.92 Å². The summed E-state index contributed by atoms with van der Waals surface area (Å²) in [4.78, 5) is 0. The van der Waals surface area contributed by atoms with Gasteiger partial charge in [0.05, 0.1) is 6.61 Å². The number of aliphatic hydroxyl groups is 1. The smallest absolute Gasteiger partial charge is 0.115 e. The molecule has 1 aliphatic carbocycles. The molecule has 0 bridgehead atoms. The van der Waals surface area contributed by atoms with Crippen molar-refractivity contribution in [3.8, 4) is 0 Å². The summed E-state index contributed by atoms with van der Waals surface area (Å²) in [6, 6.07) is 8.32. The maximum absolute atomic E-state index is 11.0. The van der Waals surface area contributed by atoms with Crippen LogP contribution in [0, 0.1) is 5.92 Å². The summed E-state index contributed by atoms with van der Waals surface area (Å²) in [5.74, 6) is 0.766. The number of hydrogen-bond donors (Lipinski definition) is 1. The van der Waals surface area contributed by atoms with E-state index in [1.807, 2.05) is 6.07 Å². The molecule has 2 rings (SSSR count). The molecule has 1 aromatic rings. The van der Waals surface area contributed by atoms with Gasteiger partial charge >= 0.3 is 0 Å². The minimum atomic E-state index is -0.874. The van der Waals surface area contributed by atoms with E-state index >= 15 is 0 Å². The molecule has 1 N–H and O–H groups in total. The van der Waals surface area contributed by atoms with Crippen molar-refractivity contribution in [3.63, 3.8) is 0 Å². The van der Waals surface area contributed by atoms with Gasteiger partial charge in [-0.15, -0.1) is 0 Å². The standard InChI is InChI=1S/C16H24O2/c1-12(2)16(17,11-18-3)15-10-5-4-9-14(15)13-7-6-8-13/h4-5,9-10,12-13,17H,6-8,11H2,1-3H3. The van der Waals surface area contributed by atoms with E-state index in [9.17, 15) is 5.11 Å². The largest absolute Gasteiger partial charge is 0.382 e. The third-order valence-corrected chi connectivity index (χ3v) is 4.29. The summed E-state index contributed by atoms with van der Waals surface area (Å²) in [5.41, 5.74) is 1.50. The number of methoxy groups -OCH3 is 1. The van der Waals surface area contributed by atoms with Crippen LogP contribution in [0.15, 0.2) is 24.3 Å². The monoisotopic (exact) mass is 248 g/mol. The molecular weight excluding hydrogens is 224 g/mol. The van der Waals surface area contributed by atoms with E-state index < -0.39 is 5.60 Å². The molecular formula is C16H24O2. The molecule has 0 saturated heterocycles. The Morgan fingerprint density at radius 2 is 2.00 bits per heavy atom. The van der Waals surface area contributed by atoms with Crippen molar-refractivity contribution in [2.75, 3.05) is 13.7 Å². The van der Waals surface area contributed by atoms with Crippen LogP contribution >= 0.6 is 0 Å². The molecule has 100 valence electrons. The molecule has 0 aromatic heterocycles. The van der Waals surface area contributed by atoms with E-state index in [4.69, 9.17) is 4.74 Å². The molecule has 2 heteroatoms. The molecule has 0 spiro atoms. The Bertz CT molecular complexity index is 396. The number of benzene rings is 1. The first-order valence-corrected chi connectivity index (χ1v) is 6.90. The SMILES string of the molecule is COCC(O)(c1ccccc1C1CCC1)C(C)C. The lowest BCUT2D eigenvalue weighted by molar-refractivity contribution is -0.0710. The van der Waals surface area contributed by atoms with Crippen LogP contribution < -0.4 is 0 Å². The summed E-state index contributed by atoms with van der Waals surface area (Å²) in [6.45, 7) is 4.46. The molecule has 0 radical (unpaired) electrons. The molecule has 1 unspecified atom stereocenters. The summed E-state index contributed by atoms with van der Waals surface area (Å²) in [5, 5.41) is 11.0. The maximum Gasteiger partial charge on any atom is 0.115 e. The number of hydrogen-bond acceptors (Lipinski definition) is 2. The van der Waals surface area contributed by atoms with Crippen LogP contribution in [-0.2, 0) is 10.3 Å². The van der Waals surface area contributed by atoms with Gasteiger partial charge in [-0.05, 0) is 35.8 Å². The number of ether oxygens (including phenoxy) is 1. The van der Waals surface area contributed by atoms with Crippen molar-refractivity contribution in [1.82, 2.24) is 0 Å². The quantitative estimate of drug-likeness (QED) is 0.865. The second kappa shape index (κ2) is 5.41. The fraction of sp³-hybridized carbons (Fsp3) is 0.625. The third-order valence-electron chi connectivity index (χ3n) is 4.29. The number of rotatable bonds is 5. The van der Waals surface area contributed by atoms with Crippen molar-refractivity contribution in [2.45, 2.75) is 44.6 Å². The van der Waals surface area contributed by atoms with Gasteiger partial charge in [0.15, 0.2) is 0 Å². The average Bonchev–Trinajstić information content (AvgIpc) is 2.27. The summed E-state index contributed by atoms with van der Waals surface area (Å²) < 4.78 is 5.26. The Hall–Kier alpha value is -0.860. The fourth-order valence-electron chi connectivity index (χ4n) is 2.74. The first-order valence-electron chi connectivity index (χ1n) is 6.90. The highest BCUT2D eigenvalue weighted by Crippen LogP contribution is 2.42. The van der Waals surface area contributed by atoms with Gasteiger partial charge in [-0.2, -0.15) is 0 Å². The summed E-state index contributed by atoms with van der Waals surface area (Å²) in [7, 11) is 1.65. The van der Waals surface area contributed by atoms with Crippen molar-refractivity contribution in [2.24, 2.45) is 5.92 Å². The normalized spacial score (nSPS) is 19.6. The molecule has 0 amide bonds. The molecule has 1 aliphatic rings. The van der Waals surface area contributed by atoms with Gasteiger partial charge in [0.2, 0.25) is 0 Å². The summed E-state index contributed by atoms with van der Waals surface area (Å²) in [6.07, 6.45) is 3.81. The van der Waals surface area contributed by atoms with Crippen LogP contribution in [0.4, 0.5) is 0 Å². The molecule has 2 nitrogen and oxygen atoms in total. The molecule has 18 heavy (non-hydrogen) atoms. The lowest BCUT2D eigenvalue weighted by Gasteiger charge is -2.37. The van der Waals surface area contributed by atoms with Crippen LogP contribution in [-0.4, -0.2) is 18.8 Å². The molecule has 1 fully saturated rings. The second-order valence-electron chi connectivity index (χ2n) is 5.73. The maximum atomic E-state index is 11.0. The van der Waals surface area contributed by atoms with Gasteiger partial charge in [0, 0.05) is 7.11 Å². The zero-order chi connectivity index (χ0) is 13.2. The predicted octanol–water partition coefficient (Wildman–Crippen LogP) is 3.44. The van der Waals surface area contributed by atoms with E-state index in [1.54, 1.807) is 7.11 Å². The Labute approximate surface area is 110 Å². The third kappa shape index (κ3) is 2.32. The van der Waals surface area contributed by atoms with Gasteiger partial charge < -0.3 is 9.84 Å². The molecule has 1 aromatic carbocycles.